The van der Waals surface area contributed by atoms with E-state index in [1.807, 2.05) is 0 Å². The van der Waals surface area contributed by atoms with E-state index in [1.54, 1.807) is 18.3 Å². The van der Waals surface area contributed by atoms with Crippen molar-refractivity contribution < 1.29 is 14.3 Å². The summed E-state index contributed by atoms with van der Waals surface area (Å²) in [5.41, 5.74) is 0. The van der Waals surface area contributed by atoms with Crippen LogP contribution in [0.5, 0.6) is 11.6 Å². The second-order valence-corrected chi connectivity index (χ2v) is 1.72. The first-order valence-electron chi connectivity index (χ1n) is 2.98. The zero-order valence-electron chi connectivity index (χ0n) is 5.98. The zero-order chi connectivity index (χ0) is 8.10. The fourth-order valence-electron chi connectivity index (χ4n) is 0.671. The summed E-state index contributed by atoms with van der Waals surface area (Å²) in [4.78, 5) is 13.7. The molecule has 4 nitrogen and oxygen atoms in total. The van der Waals surface area contributed by atoms with Gasteiger partial charge in [0.1, 0.15) is 0 Å². The molecule has 11 heavy (non-hydrogen) atoms. The normalized spacial score (nSPS) is 8.82. The van der Waals surface area contributed by atoms with Gasteiger partial charge >= 0.3 is 0 Å². The minimum Gasteiger partial charge on any atom is -0.478 e. The van der Waals surface area contributed by atoms with Crippen LogP contribution in [-0.4, -0.2) is 18.6 Å². The number of methoxy groups -OCH3 is 1. The molecule has 1 heterocycles. The number of pyridine rings is 1. The van der Waals surface area contributed by atoms with Gasteiger partial charge in [0.2, 0.25) is 0 Å². The monoisotopic (exact) mass is 153 g/mol. The Labute approximate surface area is 63.8 Å². The topological polar surface area (TPSA) is 48.4 Å². The molecule has 1 rings (SSSR count). The van der Waals surface area contributed by atoms with Crippen LogP contribution in [0.15, 0.2) is 18.3 Å². The first-order chi connectivity index (χ1) is 5.38. The number of rotatable bonds is 3. The van der Waals surface area contributed by atoms with E-state index in [0.717, 1.165) is 0 Å². The Balaban J connectivity index is 2.92. The number of hydrogen-bond donors (Lipinski definition) is 0. The number of nitrogens with zero attached hydrogens (tertiary/aromatic N) is 1. The van der Waals surface area contributed by atoms with Crippen LogP contribution in [0, 0.1) is 0 Å². The molecule has 0 unspecified atom stereocenters. The molecule has 0 saturated heterocycles. The van der Waals surface area contributed by atoms with Crippen LogP contribution in [0.4, 0.5) is 0 Å². The standard InChI is InChI=1S/C7H7NO3/c1-10-7-6(11-5-9)3-2-4-8-7/h2-5H,1H3. The van der Waals surface area contributed by atoms with Crippen molar-refractivity contribution in [1.29, 1.82) is 0 Å². The lowest BCUT2D eigenvalue weighted by Gasteiger charge is -2.02. The van der Waals surface area contributed by atoms with Gasteiger partial charge in [-0.05, 0) is 12.1 Å². The fraction of sp³-hybridized carbons (Fsp3) is 0.143. The largest absolute Gasteiger partial charge is 0.478 e. The molecule has 0 aliphatic heterocycles. The van der Waals surface area contributed by atoms with Crippen LogP contribution >= 0.6 is 0 Å². The average molecular weight is 153 g/mol. The lowest BCUT2D eigenvalue weighted by Crippen LogP contribution is -1.94. The van der Waals surface area contributed by atoms with E-state index in [-0.39, 0.29) is 0 Å². The van der Waals surface area contributed by atoms with Crippen molar-refractivity contribution in [2.45, 2.75) is 0 Å². The number of aromatic nitrogens is 1. The minimum absolute atomic E-state index is 0.305. The van der Waals surface area contributed by atoms with Crippen molar-refractivity contribution >= 4 is 6.47 Å². The third-order valence-electron chi connectivity index (χ3n) is 1.10. The van der Waals surface area contributed by atoms with Gasteiger partial charge in [-0.15, -0.1) is 0 Å². The highest BCUT2D eigenvalue weighted by Gasteiger charge is 2.01. The molecule has 0 atom stereocenters. The van der Waals surface area contributed by atoms with Crippen molar-refractivity contribution in [3.63, 3.8) is 0 Å². The average Bonchev–Trinajstić information content (AvgIpc) is 2.06. The molecular formula is C7H7NO3. The summed E-state index contributed by atoms with van der Waals surface area (Å²) >= 11 is 0. The van der Waals surface area contributed by atoms with Gasteiger partial charge in [-0.1, -0.05) is 0 Å². The van der Waals surface area contributed by atoms with Crippen molar-refractivity contribution in [2.24, 2.45) is 0 Å². The summed E-state index contributed by atoms with van der Waals surface area (Å²) in [6.07, 6.45) is 1.55. The van der Waals surface area contributed by atoms with E-state index in [9.17, 15) is 4.79 Å². The lowest BCUT2D eigenvalue weighted by atomic mass is 10.4. The molecule has 0 aliphatic carbocycles. The third kappa shape index (κ3) is 1.67. The van der Waals surface area contributed by atoms with Crippen LogP contribution in [0.3, 0.4) is 0 Å². The van der Waals surface area contributed by atoms with Crippen molar-refractivity contribution in [3.8, 4) is 11.6 Å². The van der Waals surface area contributed by atoms with Gasteiger partial charge in [-0.25, -0.2) is 4.98 Å². The Morgan fingerprint density at radius 3 is 3.09 bits per heavy atom. The Bertz CT molecular complexity index is 249. The summed E-state index contributed by atoms with van der Waals surface area (Å²) < 4.78 is 9.36. The molecular weight excluding hydrogens is 146 g/mol. The summed E-state index contributed by atoms with van der Waals surface area (Å²) in [5.74, 6) is 0.629. The number of carbonyl (C=O) groups is 1. The number of carbonyl (C=O) groups excluding carboxylic acids is 1. The molecule has 4 heteroatoms. The molecule has 58 valence electrons. The van der Waals surface area contributed by atoms with Gasteiger partial charge in [0, 0.05) is 6.20 Å². The van der Waals surface area contributed by atoms with Crippen LogP contribution < -0.4 is 9.47 Å². The van der Waals surface area contributed by atoms with Crippen LogP contribution in [0.25, 0.3) is 0 Å². The number of ether oxygens (including phenoxy) is 2. The van der Waals surface area contributed by atoms with E-state index in [2.05, 4.69) is 9.72 Å². The van der Waals surface area contributed by atoms with Crippen molar-refractivity contribution in [3.05, 3.63) is 18.3 Å². The predicted octanol–water partition coefficient (Wildman–Crippen LogP) is 0.625. The first kappa shape index (κ1) is 7.53. The molecule has 1 aromatic heterocycles. The smallest absolute Gasteiger partial charge is 0.298 e. The van der Waals surface area contributed by atoms with Crippen molar-refractivity contribution in [2.75, 3.05) is 7.11 Å². The Morgan fingerprint density at radius 2 is 2.45 bits per heavy atom. The minimum atomic E-state index is 0.305. The zero-order valence-corrected chi connectivity index (χ0v) is 5.98. The molecule has 0 fully saturated rings. The van der Waals surface area contributed by atoms with Crippen LogP contribution in [-0.2, 0) is 4.79 Å². The summed E-state index contributed by atoms with van der Waals surface area (Å²) in [7, 11) is 1.46. The Hall–Kier alpha value is -1.58. The van der Waals surface area contributed by atoms with Gasteiger partial charge in [0.25, 0.3) is 12.4 Å². The van der Waals surface area contributed by atoms with E-state index < -0.39 is 0 Å². The summed E-state index contributed by atoms with van der Waals surface area (Å²) in [6, 6.07) is 3.25. The lowest BCUT2D eigenvalue weighted by molar-refractivity contribution is -0.120. The number of hydrogen-bond acceptors (Lipinski definition) is 4. The Morgan fingerprint density at radius 1 is 1.64 bits per heavy atom. The molecule has 0 aromatic carbocycles. The quantitative estimate of drug-likeness (QED) is 0.597. The van der Waals surface area contributed by atoms with Gasteiger partial charge in [-0.2, -0.15) is 0 Å². The molecule has 0 N–H and O–H groups in total. The predicted molar refractivity (Wildman–Crippen MR) is 37.5 cm³/mol. The second kappa shape index (κ2) is 3.55. The van der Waals surface area contributed by atoms with Crippen LogP contribution in [0.2, 0.25) is 0 Å². The van der Waals surface area contributed by atoms with Gasteiger partial charge < -0.3 is 9.47 Å². The highest BCUT2D eigenvalue weighted by atomic mass is 16.5. The molecule has 0 amide bonds. The second-order valence-electron chi connectivity index (χ2n) is 1.72. The van der Waals surface area contributed by atoms with E-state index in [0.29, 0.717) is 18.1 Å². The van der Waals surface area contributed by atoms with Crippen molar-refractivity contribution in [1.82, 2.24) is 4.98 Å². The first-order valence-corrected chi connectivity index (χ1v) is 2.98. The third-order valence-corrected chi connectivity index (χ3v) is 1.10. The van der Waals surface area contributed by atoms with Gasteiger partial charge in [0.15, 0.2) is 5.75 Å². The molecule has 0 saturated carbocycles. The summed E-state index contributed by atoms with van der Waals surface area (Å²) in [5, 5.41) is 0. The maximum Gasteiger partial charge on any atom is 0.298 e. The summed E-state index contributed by atoms with van der Waals surface area (Å²) in [6.45, 7) is 0.333. The maximum atomic E-state index is 9.94. The van der Waals surface area contributed by atoms with Gasteiger partial charge in [-0.3, -0.25) is 4.79 Å². The van der Waals surface area contributed by atoms with E-state index >= 15 is 0 Å². The highest BCUT2D eigenvalue weighted by Crippen LogP contribution is 2.21. The molecule has 0 aliphatic rings. The molecule has 0 radical (unpaired) electrons. The van der Waals surface area contributed by atoms with E-state index in [1.165, 1.54) is 7.11 Å². The van der Waals surface area contributed by atoms with Gasteiger partial charge in [0.05, 0.1) is 7.11 Å². The fourth-order valence-corrected chi connectivity index (χ4v) is 0.671. The Kier molecular flexibility index (Phi) is 2.43. The molecule has 1 aromatic rings. The van der Waals surface area contributed by atoms with Crippen LogP contribution in [0.1, 0.15) is 0 Å². The highest BCUT2D eigenvalue weighted by molar-refractivity contribution is 5.48. The van der Waals surface area contributed by atoms with E-state index in [4.69, 9.17) is 4.74 Å². The molecule has 0 spiro atoms. The molecule has 0 bridgehead atoms. The SMILES string of the molecule is COc1ncccc1OC=O. The maximum absolute atomic E-state index is 9.94.